The van der Waals surface area contributed by atoms with Gasteiger partial charge in [-0.1, -0.05) is 95.2 Å². The van der Waals surface area contributed by atoms with E-state index in [4.69, 9.17) is 9.47 Å². The van der Waals surface area contributed by atoms with E-state index in [-0.39, 0.29) is 34.1 Å². The number of hydrogen-bond donors (Lipinski definition) is 2. The lowest BCUT2D eigenvalue weighted by Crippen LogP contribution is -2.53. The summed E-state index contributed by atoms with van der Waals surface area (Å²) in [6, 6.07) is 9.09. The molecule has 2 atom stereocenters. The third kappa shape index (κ3) is 4.48. The van der Waals surface area contributed by atoms with Crippen LogP contribution in [-0.4, -0.2) is 12.5 Å². The molecule has 2 aromatic carbocycles. The van der Waals surface area contributed by atoms with Crippen LogP contribution >= 0.6 is 0 Å². The van der Waals surface area contributed by atoms with E-state index in [0.29, 0.717) is 0 Å². The van der Waals surface area contributed by atoms with E-state index in [0.717, 1.165) is 22.9 Å². The van der Waals surface area contributed by atoms with Crippen LogP contribution in [-0.2, 0) is 21.7 Å². The molecule has 4 nitrogen and oxygen atoms in total. The monoisotopic (exact) mass is 464 g/mol. The highest BCUT2D eigenvalue weighted by Gasteiger charge is 2.41. The predicted octanol–water partition coefficient (Wildman–Crippen LogP) is 7.84. The van der Waals surface area contributed by atoms with Crippen LogP contribution in [0.2, 0.25) is 0 Å². The van der Waals surface area contributed by atoms with Gasteiger partial charge in [0.1, 0.15) is 11.5 Å². The third-order valence-corrected chi connectivity index (χ3v) is 6.89. The molecule has 0 saturated carbocycles. The summed E-state index contributed by atoms with van der Waals surface area (Å²) in [7, 11) is 0. The van der Waals surface area contributed by atoms with Gasteiger partial charge in [-0.3, -0.25) is 0 Å². The van der Waals surface area contributed by atoms with Crippen LogP contribution in [0.4, 0.5) is 11.4 Å². The van der Waals surface area contributed by atoms with Crippen LogP contribution < -0.4 is 20.1 Å². The first-order valence-corrected chi connectivity index (χ1v) is 12.6. The number of hydrogen-bond acceptors (Lipinski definition) is 4. The standard InChI is InChI=1S/C30H44N2O2/c1-27(2,3)17-13-19(29(7,8)9)23-21(15-17)31-25-26(33-23)32-22-16-18(28(4,5)6)14-20(24(22)34-25)30(10,11)12/h13-16,25-26,31-32H,1-12H3/t25-,26-/m0/s1. The Labute approximate surface area is 206 Å². The molecule has 186 valence electrons. The Hall–Kier alpha value is -2.36. The largest absolute Gasteiger partial charge is 0.462 e. The first-order valence-electron chi connectivity index (χ1n) is 12.6. The highest BCUT2D eigenvalue weighted by molar-refractivity contribution is 5.70. The topological polar surface area (TPSA) is 42.5 Å². The molecule has 0 unspecified atom stereocenters. The molecule has 0 aliphatic carbocycles. The molecular weight excluding hydrogens is 420 g/mol. The summed E-state index contributed by atoms with van der Waals surface area (Å²) in [5.41, 5.74) is 7.00. The molecule has 2 heterocycles. The van der Waals surface area contributed by atoms with Crippen LogP contribution in [0.15, 0.2) is 24.3 Å². The number of fused-ring (bicyclic) bond motifs is 3. The van der Waals surface area contributed by atoms with Crippen molar-refractivity contribution >= 4 is 11.4 Å². The van der Waals surface area contributed by atoms with Crippen LogP contribution in [0.25, 0.3) is 0 Å². The van der Waals surface area contributed by atoms with E-state index in [9.17, 15) is 0 Å². The number of ether oxygens (including phenoxy) is 2. The summed E-state index contributed by atoms with van der Waals surface area (Å²) in [4.78, 5) is 0. The zero-order valence-electron chi connectivity index (χ0n) is 23.3. The molecule has 0 radical (unpaired) electrons. The highest BCUT2D eigenvalue weighted by atomic mass is 16.6. The van der Waals surface area contributed by atoms with Gasteiger partial charge in [-0.25, -0.2) is 0 Å². The second-order valence-corrected chi connectivity index (χ2v) is 14.2. The molecule has 2 aliphatic rings. The molecular formula is C30H44N2O2. The van der Waals surface area contributed by atoms with Crippen molar-refractivity contribution < 1.29 is 9.47 Å². The maximum atomic E-state index is 6.67. The third-order valence-electron chi connectivity index (χ3n) is 6.89. The average molecular weight is 465 g/mol. The first kappa shape index (κ1) is 24.8. The summed E-state index contributed by atoms with van der Waals surface area (Å²) in [6.45, 7) is 27.0. The van der Waals surface area contributed by atoms with Crippen LogP contribution in [0.1, 0.15) is 105 Å². The van der Waals surface area contributed by atoms with Crippen molar-refractivity contribution in [2.75, 3.05) is 10.6 Å². The molecule has 2 aliphatic heterocycles. The van der Waals surface area contributed by atoms with Crippen molar-refractivity contribution in [3.05, 3.63) is 46.5 Å². The molecule has 34 heavy (non-hydrogen) atoms. The van der Waals surface area contributed by atoms with Crippen molar-refractivity contribution in [2.45, 2.75) is 117 Å². The Morgan fingerprint density at radius 3 is 1.09 bits per heavy atom. The van der Waals surface area contributed by atoms with Crippen LogP contribution in [0, 0.1) is 0 Å². The minimum absolute atomic E-state index is 0.0363. The van der Waals surface area contributed by atoms with Gasteiger partial charge in [-0.15, -0.1) is 0 Å². The van der Waals surface area contributed by atoms with E-state index in [1.54, 1.807) is 0 Å². The van der Waals surface area contributed by atoms with E-state index in [2.05, 4.69) is 118 Å². The lowest BCUT2D eigenvalue weighted by Gasteiger charge is -2.43. The lowest BCUT2D eigenvalue weighted by molar-refractivity contribution is 0.0668. The van der Waals surface area contributed by atoms with Gasteiger partial charge in [0.25, 0.3) is 0 Å². The average Bonchev–Trinajstić information content (AvgIpc) is 2.66. The van der Waals surface area contributed by atoms with Crippen molar-refractivity contribution in [3.63, 3.8) is 0 Å². The Morgan fingerprint density at radius 2 is 0.824 bits per heavy atom. The van der Waals surface area contributed by atoms with Crippen LogP contribution in [0.5, 0.6) is 11.5 Å². The second kappa shape index (κ2) is 7.57. The van der Waals surface area contributed by atoms with Crippen molar-refractivity contribution in [3.8, 4) is 11.5 Å². The summed E-state index contributed by atoms with van der Waals surface area (Å²) in [6.07, 6.45) is -0.630. The maximum Gasteiger partial charge on any atom is 0.226 e. The molecule has 2 aromatic rings. The quantitative estimate of drug-likeness (QED) is 0.417. The molecule has 2 N–H and O–H groups in total. The normalized spacial score (nSPS) is 20.1. The van der Waals surface area contributed by atoms with E-state index in [1.807, 2.05) is 0 Å². The summed E-state index contributed by atoms with van der Waals surface area (Å²) >= 11 is 0. The smallest absolute Gasteiger partial charge is 0.226 e. The fraction of sp³-hybridized carbons (Fsp3) is 0.600. The molecule has 4 rings (SSSR count). The van der Waals surface area contributed by atoms with E-state index >= 15 is 0 Å². The fourth-order valence-corrected chi connectivity index (χ4v) is 4.60. The number of benzene rings is 2. The van der Waals surface area contributed by atoms with Gasteiger partial charge in [0.05, 0.1) is 11.4 Å². The second-order valence-electron chi connectivity index (χ2n) is 14.2. The lowest BCUT2D eigenvalue weighted by atomic mass is 9.79. The number of anilines is 2. The molecule has 0 aromatic heterocycles. The molecule has 0 fully saturated rings. The van der Waals surface area contributed by atoms with Gasteiger partial charge < -0.3 is 20.1 Å². The Balaban J connectivity index is 1.81. The van der Waals surface area contributed by atoms with Crippen molar-refractivity contribution in [1.82, 2.24) is 0 Å². The highest BCUT2D eigenvalue weighted by Crippen LogP contribution is 2.48. The Bertz CT molecular complexity index is 1020. The Morgan fingerprint density at radius 1 is 0.500 bits per heavy atom. The minimum atomic E-state index is -0.315. The fourth-order valence-electron chi connectivity index (χ4n) is 4.60. The zero-order chi connectivity index (χ0) is 25.4. The maximum absolute atomic E-state index is 6.67. The SMILES string of the molecule is CC(C)(C)c1cc2c(c(C(C)(C)C)c1)O[C@@H]1Nc3cc(C(C)(C)C)cc(C(C)(C)C)c3O[C@@H]1N2. The predicted molar refractivity (Wildman–Crippen MR) is 144 cm³/mol. The summed E-state index contributed by atoms with van der Waals surface area (Å²) in [5, 5.41) is 7.36. The Kier molecular flexibility index (Phi) is 5.51. The van der Waals surface area contributed by atoms with E-state index in [1.165, 1.54) is 22.3 Å². The molecule has 0 amide bonds. The van der Waals surface area contributed by atoms with E-state index < -0.39 is 0 Å². The molecule has 4 heteroatoms. The number of rotatable bonds is 0. The van der Waals surface area contributed by atoms with Gasteiger partial charge >= 0.3 is 0 Å². The van der Waals surface area contributed by atoms with Gasteiger partial charge in [0.2, 0.25) is 12.5 Å². The minimum Gasteiger partial charge on any atom is -0.462 e. The van der Waals surface area contributed by atoms with Crippen LogP contribution in [0.3, 0.4) is 0 Å². The van der Waals surface area contributed by atoms with Crippen molar-refractivity contribution in [2.24, 2.45) is 0 Å². The van der Waals surface area contributed by atoms with Gasteiger partial charge in [0.15, 0.2) is 0 Å². The van der Waals surface area contributed by atoms with Gasteiger partial charge in [0, 0.05) is 11.1 Å². The molecule has 0 saturated heterocycles. The number of nitrogens with one attached hydrogen (secondary N) is 2. The summed E-state index contributed by atoms with van der Waals surface area (Å²) in [5.74, 6) is 1.84. The molecule has 0 bridgehead atoms. The van der Waals surface area contributed by atoms with Gasteiger partial charge in [-0.05, 0) is 44.9 Å². The summed E-state index contributed by atoms with van der Waals surface area (Å²) < 4.78 is 13.3. The first-order chi connectivity index (χ1) is 15.4. The molecule has 0 spiro atoms. The van der Waals surface area contributed by atoms with Gasteiger partial charge in [-0.2, -0.15) is 0 Å². The van der Waals surface area contributed by atoms with Crippen molar-refractivity contribution in [1.29, 1.82) is 0 Å². The zero-order valence-corrected chi connectivity index (χ0v) is 23.3.